The highest BCUT2D eigenvalue weighted by atomic mass is 16.5. The first-order valence-corrected chi connectivity index (χ1v) is 5.25. The van der Waals surface area contributed by atoms with Crippen LogP contribution in [0.25, 0.3) is 0 Å². The van der Waals surface area contributed by atoms with Crippen molar-refractivity contribution in [3.63, 3.8) is 0 Å². The minimum absolute atomic E-state index is 0.0919. The number of benzene rings is 1. The Bertz CT molecular complexity index is 418. The summed E-state index contributed by atoms with van der Waals surface area (Å²) < 4.78 is 5.03. The van der Waals surface area contributed by atoms with E-state index < -0.39 is 12.1 Å². The van der Waals surface area contributed by atoms with Gasteiger partial charge in [-0.2, -0.15) is 0 Å². The van der Waals surface area contributed by atoms with Gasteiger partial charge in [0.2, 0.25) is 0 Å². The van der Waals surface area contributed by atoms with Crippen molar-refractivity contribution in [2.45, 2.75) is 19.9 Å². The third-order valence-corrected chi connectivity index (χ3v) is 2.28. The van der Waals surface area contributed by atoms with Gasteiger partial charge in [-0.25, -0.2) is 4.79 Å². The number of rotatable bonds is 4. The zero-order valence-electron chi connectivity index (χ0n) is 10.1. The van der Waals surface area contributed by atoms with Crippen LogP contribution in [-0.2, 0) is 4.79 Å². The zero-order chi connectivity index (χ0) is 12.8. The van der Waals surface area contributed by atoms with E-state index in [2.05, 4.69) is 10.6 Å². The van der Waals surface area contributed by atoms with Crippen LogP contribution in [-0.4, -0.2) is 25.0 Å². The average molecular weight is 236 g/mol. The maximum atomic E-state index is 11.5. The summed E-state index contributed by atoms with van der Waals surface area (Å²) in [4.78, 5) is 22.5. The second-order valence-corrected chi connectivity index (χ2v) is 3.66. The van der Waals surface area contributed by atoms with Gasteiger partial charge in [0.1, 0.15) is 5.75 Å². The molecular formula is C12H16N2O3. The minimum Gasteiger partial charge on any atom is -0.497 e. The van der Waals surface area contributed by atoms with E-state index in [1.165, 1.54) is 6.92 Å². The standard InChI is InChI=1S/C12H16N2O3/c1-8(9(2)15)13-12(16)14-10-5-4-6-11(7-10)17-3/h4-8H,1-3H3,(H2,13,14,16). The topological polar surface area (TPSA) is 67.4 Å². The fourth-order valence-electron chi connectivity index (χ4n) is 1.17. The fraction of sp³-hybridized carbons (Fsp3) is 0.333. The number of amides is 2. The molecule has 1 aromatic rings. The lowest BCUT2D eigenvalue weighted by Crippen LogP contribution is -2.39. The van der Waals surface area contributed by atoms with Crippen molar-refractivity contribution in [2.75, 3.05) is 12.4 Å². The molecule has 5 heteroatoms. The minimum atomic E-state index is -0.499. The van der Waals surface area contributed by atoms with Crippen molar-refractivity contribution in [2.24, 2.45) is 0 Å². The van der Waals surface area contributed by atoms with Crippen LogP contribution in [0.2, 0.25) is 0 Å². The number of anilines is 1. The maximum Gasteiger partial charge on any atom is 0.319 e. The highest BCUT2D eigenvalue weighted by Gasteiger charge is 2.10. The van der Waals surface area contributed by atoms with Crippen molar-refractivity contribution >= 4 is 17.5 Å². The summed E-state index contributed by atoms with van der Waals surface area (Å²) >= 11 is 0. The molecule has 0 aromatic heterocycles. The number of nitrogens with one attached hydrogen (secondary N) is 2. The number of hydrogen-bond acceptors (Lipinski definition) is 3. The molecule has 2 N–H and O–H groups in total. The quantitative estimate of drug-likeness (QED) is 0.837. The second kappa shape index (κ2) is 5.89. The van der Waals surface area contributed by atoms with Crippen LogP contribution in [0.5, 0.6) is 5.75 Å². The van der Waals surface area contributed by atoms with Gasteiger partial charge in [0, 0.05) is 11.8 Å². The van der Waals surface area contributed by atoms with Gasteiger partial charge in [-0.05, 0) is 26.0 Å². The summed E-state index contributed by atoms with van der Waals surface area (Å²) in [5, 5.41) is 5.15. The largest absolute Gasteiger partial charge is 0.497 e. The zero-order valence-corrected chi connectivity index (χ0v) is 10.1. The highest BCUT2D eigenvalue weighted by molar-refractivity contribution is 5.93. The molecule has 1 aromatic carbocycles. The van der Waals surface area contributed by atoms with E-state index in [1.54, 1.807) is 38.3 Å². The van der Waals surface area contributed by atoms with Crippen LogP contribution >= 0.6 is 0 Å². The predicted octanol–water partition coefficient (Wildman–Crippen LogP) is 1.79. The Morgan fingerprint density at radius 1 is 1.35 bits per heavy atom. The molecule has 0 aliphatic rings. The van der Waals surface area contributed by atoms with Crippen LogP contribution in [0.4, 0.5) is 10.5 Å². The number of hydrogen-bond donors (Lipinski definition) is 2. The predicted molar refractivity (Wildman–Crippen MR) is 65.3 cm³/mol. The molecule has 0 heterocycles. The molecule has 0 fully saturated rings. The van der Waals surface area contributed by atoms with E-state index in [0.29, 0.717) is 11.4 Å². The molecule has 0 aliphatic heterocycles. The first-order chi connectivity index (χ1) is 8.02. The summed E-state index contributed by atoms with van der Waals surface area (Å²) in [7, 11) is 1.55. The molecule has 92 valence electrons. The molecule has 2 amide bonds. The Kier molecular flexibility index (Phi) is 4.51. The van der Waals surface area contributed by atoms with Crippen molar-refractivity contribution < 1.29 is 14.3 Å². The monoisotopic (exact) mass is 236 g/mol. The number of ether oxygens (including phenoxy) is 1. The Morgan fingerprint density at radius 3 is 2.65 bits per heavy atom. The normalized spacial score (nSPS) is 11.5. The van der Waals surface area contributed by atoms with Gasteiger partial charge < -0.3 is 15.4 Å². The number of methoxy groups -OCH3 is 1. The summed E-state index contributed by atoms with van der Waals surface area (Å²) in [5.74, 6) is 0.563. The average Bonchev–Trinajstić information content (AvgIpc) is 2.28. The lowest BCUT2D eigenvalue weighted by Gasteiger charge is -2.12. The van der Waals surface area contributed by atoms with E-state index in [9.17, 15) is 9.59 Å². The number of urea groups is 1. The van der Waals surface area contributed by atoms with Crippen LogP contribution in [0, 0.1) is 0 Å². The molecule has 0 spiro atoms. The van der Waals surface area contributed by atoms with Crippen LogP contribution in [0.3, 0.4) is 0 Å². The van der Waals surface area contributed by atoms with Crippen molar-refractivity contribution in [3.8, 4) is 5.75 Å². The van der Waals surface area contributed by atoms with Crippen molar-refractivity contribution in [1.29, 1.82) is 0 Å². The van der Waals surface area contributed by atoms with Gasteiger partial charge in [0.05, 0.1) is 13.2 Å². The number of Topliss-reactive ketones (excluding diaryl/α,β-unsaturated/α-hetero) is 1. The van der Waals surface area contributed by atoms with E-state index in [0.717, 1.165) is 0 Å². The molecule has 0 saturated heterocycles. The van der Waals surface area contributed by atoms with E-state index in [1.807, 2.05) is 0 Å². The van der Waals surface area contributed by atoms with Gasteiger partial charge >= 0.3 is 6.03 Å². The molecule has 0 radical (unpaired) electrons. The van der Waals surface area contributed by atoms with E-state index in [-0.39, 0.29) is 5.78 Å². The van der Waals surface area contributed by atoms with E-state index in [4.69, 9.17) is 4.74 Å². The number of carbonyl (C=O) groups excluding carboxylic acids is 2. The van der Waals surface area contributed by atoms with Crippen molar-refractivity contribution in [3.05, 3.63) is 24.3 Å². The molecule has 0 bridgehead atoms. The van der Waals surface area contributed by atoms with Gasteiger partial charge in [0.15, 0.2) is 5.78 Å². The Balaban J connectivity index is 2.58. The summed E-state index contributed by atoms with van der Waals surface area (Å²) in [6.07, 6.45) is 0. The molecule has 1 unspecified atom stereocenters. The SMILES string of the molecule is COc1cccc(NC(=O)NC(C)C(C)=O)c1. The molecule has 5 nitrogen and oxygen atoms in total. The first kappa shape index (κ1) is 13.0. The van der Waals surface area contributed by atoms with Crippen molar-refractivity contribution in [1.82, 2.24) is 5.32 Å². The maximum absolute atomic E-state index is 11.5. The summed E-state index contributed by atoms with van der Waals surface area (Å²) in [6, 6.07) is 6.06. The molecule has 1 atom stereocenters. The first-order valence-electron chi connectivity index (χ1n) is 5.25. The molecule has 0 saturated carbocycles. The van der Waals surface area contributed by atoms with Crippen LogP contribution in [0.1, 0.15) is 13.8 Å². The smallest absolute Gasteiger partial charge is 0.319 e. The number of carbonyl (C=O) groups is 2. The van der Waals surface area contributed by atoms with Gasteiger partial charge in [-0.1, -0.05) is 6.07 Å². The lowest BCUT2D eigenvalue weighted by molar-refractivity contribution is -0.118. The fourth-order valence-corrected chi connectivity index (χ4v) is 1.17. The number of ketones is 1. The Hall–Kier alpha value is -2.04. The molecule has 1 rings (SSSR count). The molecular weight excluding hydrogens is 220 g/mol. The Labute approximate surface area is 100 Å². The summed E-state index contributed by atoms with van der Waals surface area (Å²) in [5.41, 5.74) is 0.609. The third kappa shape index (κ3) is 4.14. The Morgan fingerprint density at radius 2 is 2.06 bits per heavy atom. The van der Waals surface area contributed by atoms with Crippen LogP contribution in [0.15, 0.2) is 24.3 Å². The van der Waals surface area contributed by atoms with Gasteiger partial charge in [-0.3, -0.25) is 4.79 Å². The molecule has 0 aliphatic carbocycles. The van der Waals surface area contributed by atoms with Gasteiger partial charge in [-0.15, -0.1) is 0 Å². The third-order valence-electron chi connectivity index (χ3n) is 2.28. The lowest BCUT2D eigenvalue weighted by atomic mass is 10.2. The highest BCUT2D eigenvalue weighted by Crippen LogP contribution is 2.16. The second-order valence-electron chi connectivity index (χ2n) is 3.66. The molecule has 17 heavy (non-hydrogen) atoms. The van der Waals surface area contributed by atoms with E-state index >= 15 is 0 Å². The van der Waals surface area contributed by atoms with Crippen LogP contribution < -0.4 is 15.4 Å². The van der Waals surface area contributed by atoms with Gasteiger partial charge in [0.25, 0.3) is 0 Å². The summed E-state index contributed by atoms with van der Waals surface area (Å²) in [6.45, 7) is 3.06.